The Balaban J connectivity index is 1.24. The van der Waals surface area contributed by atoms with Crippen molar-refractivity contribution >= 4 is 5.82 Å². The van der Waals surface area contributed by atoms with E-state index < -0.39 is 0 Å². The molecule has 2 aromatic heterocycles. The third-order valence-electron chi connectivity index (χ3n) is 6.01. The summed E-state index contributed by atoms with van der Waals surface area (Å²) in [5.41, 5.74) is 2.06. The van der Waals surface area contributed by atoms with Crippen LogP contribution in [-0.2, 0) is 13.6 Å². The average molecular weight is 352 g/mol. The third-order valence-corrected chi connectivity index (χ3v) is 6.01. The van der Waals surface area contributed by atoms with Crippen molar-refractivity contribution < 1.29 is 0 Å². The van der Waals surface area contributed by atoms with Gasteiger partial charge in [-0.05, 0) is 24.7 Å². The molecule has 2 saturated heterocycles. The summed E-state index contributed by atoms with van der Waals surface area (Å²) in [7, 11) is 1.76. The SMILES string of the molecule is Cn1cncc(CN2CC3CN(c4cc(C5CC5)ncn4)CC3C2)c1=O. The molecule has 2 aliphatic heterocycles. The van der Waals surface area contributed by atoms with Gasteiger partial charge in [0.2, 0.25) is 0 Å². The molecule has 7 nitrogen and oxygen atoms in total. The molecule has 3 fully saturated rings. The quantitative estimate of drug-likeness (QED) is 0.818. The minimum Gasteiger partial charge on any atom is -0.356 e. The van der Waals surface area contributed by atoms with Gasteiger partial charge in [-0.15, -0.1) is 0 Å². The molecule has 7 heteroatoms. The molecule has 2 unspecified atom stereocenters. The molecule has 1 aliphatic carbocycles. The Labute approximate surface area is 152 Å². The largest absolute Gasteiger partial charge is 0.356 e. The van der Waals surface area contributed by atoms with Crippen LogP contribution < -0.4 is 10.5 Å². The summed E-state index contributed by atoms with van der Waals surface area (Å²) in [6.45, 7) is 4.88. The molecule has 2 atom stereocenters. The summed E-state index contributed by atoms with van der Waals surface area (Å²) in [4.78, 5) is 30.1. The van der Waals surface area contributed by atoms with Gasteiger partial charge in [0, 0.05) is 69.2 Å². The van der Waals surface area contributed by atoms with E-state index in [0.717, 1.165) is 37.6 Å². The second-order valence-electron chi connectivity index (χ2n) is 8.03. The van der Waals surface area contributed by atoms with Gasteiger partial charge in [-0.3, -0.25) is 9.69 Å². The zero-order chi connectivity index (χ0) is 17.7. The molecular formula is C19H24N6O. The van der Waals surface area contributed by atoms with Crippen LogP contribution in [0.3, 0.4) is 0 Å². The minimum atomic E-state index is 0.0623. The smallest absolute Gasteiger partial charge is 0.257 e. The normalized spacial score (nSPS) is 25.7. The number of hydrogen-bond acceptors (Lipinski definition) is 6. The first-order valence-corrected chi connectivity index (χ1v) is 9.46. The summed E-state index contributed by atoms with van der Waals surface area (Å²) < 4.78 is 1.56. The fourth-order valence-corrected chi connectivity index (χ4v) is 4.45. The Hall–Kier alpha value is -2.28. The zero-order valence-electron chi connectivity index (χ0n) is 15.1. The third kappa shape index (κ3) is 2.90. The summed E-state index contributed by atoms with van der Waals surface area (Å²) in [6.07, 6.45) is 7.54. The highest BCUT2D eigenvalue weighted by atomic mass is 16.1. The van der Waals surface area contributed by atoms with Gasteiger partial charge in [0.15, 0.2) is 0 Å². The van der Waals surface area contributed by atoms with Crippen molar-refractivity contribution in [1.29, 1.82) is 0 Å². The summed E-state index contributed by atoms with van der Waals surface area (Å²) in [5, 5.41) is 0. The Morgan fingerprint density at radius 1 is 1.12 bits per heavy atom. The van der Waals surface area contributed by atoms with Crippen molar-refractivity contribution in [3.05, 3.63) is 46.5 Å². The van der Waals surface area contributed by atoms with Crippen LogP contribution in [0.1, 0.15) is 30.0 Å². The average Bonchev–Trinajstić information content (AvgIpc) is 3.32. The molecule has 26 heavy (non-hydrogen) atoms. The summed E-state index contributed by atoms with van der Waals surface area (Å²) in [6, 6.07) is 2.19. The Kier molecular flexibility index (Phi) is 3.77. The van der Waals surface area contributed by atoms with E-state index in [0.29, 0.717) is 24.3 Å². The number of likely N-dealkylation sites (tertiary alicyclic amines) is 1. The number of nitrogens with zero attached hydrogens (tertiary/aromatic N) is 6. The molecule has 136 valence electrons. The molecule has 0 amide bonds. The Bertz CT molecular complexity index is 862. The van der Waals surface area contributed by atoms with Crippen molar-refractivity contribution in [3.63, 3.8) is 0 Å². The maximum Gasteiger partial charge on any atom is 0.257 e. The van der Waals surface area contributed by atoms with Gasteiger partial charge in [0.05, 0.1) is 6.33 Å². The molecular weight excluding hydrogens is 328 g/mol. The zero-order valence-corrected chi connectivity index (χ0v) is 15.1. The van der Waals surface area contributed by atoms with E-state index in [9.17, 15) is 4.79 Å². The first-order chi connectivity index (χ1) is 12.7. The number of rotatable bonds is 4. The number of anilines is 1. The molecule has 1 saturated carbocycles. The number of aryl methyl sites for hydroxylation is 1. The van der Waals surface area contributed by atoms with Gasteiger partial charge in [-0.1, -0.05) is 0 Å². The minimum absolute atomic E-state index is 0.0623. The van der Waals surface area contributed by atoms with Crippen LogP contribution in [0, 0.1) is 11.8 Å². The number of hydrogen-bond donors (Lipinski definition) is 0. The fourth-order valence-electron chi connectivity index (χ4n) is 4.45. The van der Waals surface area contributed by atoms with Crippen LogP contribution in [0.15, 0.2) is 29.7 Å². The highest BCUT2D eigenvalue weighted by molar-refractivity contribution is 5.42. The maximum atomic E-state index is 12.2. The van der Waals surface area contributed by atoms with Crippen LogP contribution in [0.5, 0.6) is 0 Å². The second-order valence-corrected chi connectivity index (χ2v) is 8.03. The molecule has 2 aromatic rings. The number of aromatic nitrogens is 4. The predicted molar refractivity (Wildman–Crippen MR) is 98.0 cm³/mol. The van der Waals surface area contributed by atoms with Crippen molar-refractivity contribution in [2.24, 2.45) is 18.9 Å². The van der Waals surface area contributed by atoms with E-state index >= 15 is 0 Å². The maximum absolute atomic E-state index is 12.2. The first kappa shape index (κ1) is 15.9. The van der Waals surface area contributed by atoms with Crippen molar-refractivity contribution in [3.8, 4) is 0 Å². The standard InChI is InChI=1S/C19H24N6O/c1-23-12-20-5-14(19(23)26)6-24-7-15-9-25(10-16(15)8-24)18-4-17(13-2-3-13)21-11-22-18/h4-5,11-13,15-16H,2-3,6-10H2,1H3. The predicted octanol–water partition coefficient (Wildman–Crippen LogP) is 1.02. The second kappa shape index (κ2) is 6.16. The van der Waals surface area contributed by atoms with Gasteiger partial charge < -0.3 is 9.47 Å². The molecule has 5 rings (SSSR count). The summed E-state index contributed by atoms with van der Waals surface area (Å²) >= 11 is 0. The van der Waals surface area contributed by atoms with E-state index in [1.807, 2.05) is 0 Å². The van der Waals surface area contributed by atoms with E-state index in [-0.39, 0.29) is 5.56 Å². The van der Waals surface area contributed by atoms with E-state index in [4.69, 9.17) is 0 Å². The Morgan fingerprint density at radius 2 is 1.88 bits per heavy atom. The van der Waals surface area contributed by atoms with Crippen molar-refractivity contribution in [2.45, 2.75) is 25.3 Å². The lowest BCUT2D eigenvalue weighted by atomic mass is 10.0. The van der Waals surface area contributed by atoms with Crippen LogP contribution in [0.25, 0.3) is 0 Å². The summed E-state index contributed by atoms with van der Waals surface area (Å²) in [5.74, 6) is 3.05. The van der Waals surface area contributed by atoms with Gasteiger partial charge in [-0.25, -0.2) is 15.0 Å². The number of fused-ring (bicyclic) bond motifs is 1. The van der Waals surface area contributed by atoms with Gasteiger partial charge in [0.1, 0.15) is 12.1 Å². The molecule has 0 aromatic carbocycles. The fraction of sp³-hybridized carbons (Fsp3) is 0.579. The topological polar surface area (TPSA) is 67.2 Å². The molecule has 3 aliphatic rings. The van der Waals surface area contributed by atoms with Gasteiger partial charge in [-0.2, -0.15) is 0 Å². The van der Waals surface area contributed by atoms with Crippen LogP contribution >= 0.6 is 0 Å². The lowest BCUT2D eigenvalue weighted by molar-refractivity contribution is 0.306. The Morgan fingerprint density at radius 3 is 2.62 bits per heavy atom. The van der Waals surface area contributed by atoms with E-state index in [1.54, 1.807) is 30.5 Å². The first-order valence-electron chi connectivity index (χ1n) is 9.46. The lowest BCUT2D eigenvalue weighted by Crippen LogP contribution is -2.31. The monoisotopic (exact) mass is 352 g/mol. The van der Waals surface area contributed by atoms with Crippen LogP contribution in [-0.4, -0.2) is 50.6 Å². The van der Waals surface area contributed by atoms with E-state index in [1.165, 1.54) is 18.5 Å². The molecule has 0 N–H and O–H groups in total. The molecule has 0 bridgehead atoms. The molecule has 4 heterocycles. The van der Waals surface area contributed by atoms with Gasteiger partial charge >= 0.3 is 0 Å². The lowest BCUT2D eigenvalue weighted by Gasteiger charge is -2.22. The molecule has 0 spiro atoms. The van der Waals surface area contributed by atoms with Crippen LogP contribution in [0.2, 0.25) is 0 Å². The van der Waals surface area contributed by atoms with Crippen molar-refractivity contribution in [1.82, 2.24) is 24.4 Å². The highest BCUT2D eigenvalue weighted by Crippen LogP contribution is 2.40. The van der Waals surface area contributed by atoms with Crippen molar-refractivity contribution in [2.75, 3.05) is 31.1 Å². The van der Waals surface area contributed by atoms with E-state index in [2.05, 4.69) is 30.8 Å². The highest BCUT2D eigenvalue weighted by Gasteiger charge is 2.40. The van der Waals surface area contributed by atoms with Gasteiger partial charge in [0.25, 0.3) is 5.56 Å². The van der Waals surface area contributed by atoms with Crippen LogP contribution in [0.4, 0.5) is 5.82 Å². The molecule has 0 radical (unpaired) electrons.